The van der Waals surface area contributed by atoms with Gasteiger partial charge in [-0.2, -0.15) is 0 Å². The highest BCUT2D eigenvalue weighted by atomic mass is 127. The van der Waals surface area contributed by atoms with Gasteiger partial charge in [0.15, 0.2) is 0 Å². The number of benzene rings is 2. The largest absolute Gasteiger partial charge is 0.506 e. The zero-order valence-corrected chi connectivity index (χ0v) is 37.0. The number of aromatic amines is 1. The van der Waals surface area contributed by atoms with E-state index in [0.29, 0.717) is 50.5 Å². The van der Waals surface area contributed by atoms with Crippen LogP contribution in [0.1, 0.15) is 69.7 Å². The number of aromatic hydroxyl groups is 1. The zero-order valence-electron chi connectivity index (χ0n) is 32.7. The van der Waals surface area contributed by atoms with Gasteiger partial charge in [0, 0.05) is 37.7 Å². The van der Waals surface area contributed by atoms with Crippen molar-refractivity contribution in [1.29, 1.82) is 0 Å². The monoisotopic (exact) mass is 1030 g/mol. The van der Waals surface area contributed by atoms with Gasteiger partial charge in [-0.15, -0.1) is 0 Å². The summed E-state index contributed by atoms with van der Waals surface area (Å²) in [6, 6.07) is 5.73. The van der Waals surface area contributed by atoms with Crippen molar-refractivity contribution in [2.75, 3.05) is 6.54 Å². The Kier molecular flexibility index (Phi) is 17.7. The summed E-state index contributed by atoms with van der Waals surface area (Å²) < 4.78 is 1.12. The molecule has 314 valence electrons. The average Bonchev–Trinajstić information content (AvgIpc) is 3.91. The van der Waals surface area contributed by atoms with Gasteiger partial charge in [-0.3, -0.25) is 24.0 Å². The third-order valence-electron chi connectivity index (χ3n) is 10.2. The molecule has 1 fully saturated rings. The molecule has 7 atom stereocenters. The predicted molar refractivity (Wildman–Crippen MR) is 232 cm³/mol. The maximum atomic E-state index is 14.4. The van der Waals surface area contributed by atoms with Gasteiger partial charge < -0.3 is 47.1 Å². The molecule has 1 aliphatic heterocycles. The lowest BCUT2D eigenvalue weighted by molar-refractivity contribution is -0.145. The number of carboxylic acid groups (broad SMARTS) is 1. The van der Waals surface area contributed by atoms with Crippen LogP contribution in [0.3, 0.4) is 0 Å². The Morgan fingerprint density at radius 1 is 0.897 bits per heavy atom. The van der Waals surface area contributed by atoms with Gasteiger partial charge in [0.1, 0.15) is 36.0 Å². The van der Waals surface area contributed by atoms with Gasteiger partial charge in [0.25, 0.3) is 0 Å². The Morgan fingerprint density at radius 3 is 2.16 bits per heavy atom. The molecule has 1 unspecified atom stereocenters. The van der Waals surface area contributed by atoms with Gasteiger partial charge in [-0.05, 0) is 93.6 Å². The van der Waals surface area contributed by atoms with E-state index in [1.54, 1.807) is 49.4 Å². The van der Waals surface area contributed by atoms with Crippen LogP contribution in [0.4, 0.5) is 0 Å². The number of phenolic OH excluding ortho intramolecular Hbond substituents is 1. The summed E-state index contributed by atoms with van der Waals surface area (Å²) in [6.45, 7) is 5.72. The highest BCUT2D eigenvalue weighted by molar-refractivity contribution is 14.1. The SMILES string of the molecule is CCC[C@H](N)C(=O)N[C@@H](Cc1cc(I)c(O)c(I)c1)C(=O)N[C@H](C(=O)N[C@@H](Cc1cnc[nH]1)C(=O)N1CCC[C@H]1C(=O)N[C@@H](Cc1ccccc1)C(=O)O)C(C)CC. The quantitative estimate of drug-likeness (QED) is 0.0769. The number of imidazole rings is 1. The highest BCUT2D eigenvalue weighted by Gasteiger charge is 2.40. The maximum Gasteiger partial charge on any atom is 0.326 e. The number of hydrogen-bond donors (Lipinski definition) is 8. The molecular formula is C40H52I2N8O8. The van der Waals surface area contributed by atoms with Crippen LogP contribution in [0.25, 0.3) is 0 Å². The van der Waals surface area contributed by atoms with Crippen molar-refractivity contribution >= 4 is 80.7 Å². The summed E-state index contributed by atoms with van der Waals surface area (Å²) in [6.07, 6.45) is 5.28. The molecule has 9 N–H and O–H groups in total. The van der Waals surface area contributed by atoms with E-state index in [9.17, 15) is 39.0 Å². The van der Waals surface area contributed by atoms with Crippen molar-refractivity contribution in [3.63, 3.8) is 0 Å². The Hall–Kier alpha value is -4.31. The summed E-state index contributed by atoms with van der Waals surface area (Å²) in [5, 5.41) is 31.3. The van der Waals surface area contributed by atoms with Crippen LogP contribution in [0, 0.1) is 13.1 Å². The van der Waals surface area contributed by atoms with Gasteiger partial charge in [-0.1, -0.05) is 63.9 Å². The number of carbonyl (C=O) groups is 6. The van der Waals surface area contributed by atoms with Crippen molar-refractivity contribution in [3.05, 3.63) is 78.9 Å². The second kappa shape index (κ2) is 22.2. The van der Waals surface area contributed by atoms with E-state index in [1.165, 1.54) is 17.4 Å². The molecule has 5 amide bonds. The van der Waals surface area contributed by atoms with E-state index in [-0.39, 0.29) is 31.6 Å². The highest BCUT2D eigenvalue weighted by Crippen LogP contribution is 2.28. The molecule has 4 rings (SSSR count). The summed E-state index contributed by atoms with van der Waals surface area (Å²) >= 11 is 3.97. The van der Waals surface area contributed by atoms with Crippen molar-refractivity contribution in [2.45, 2.75) is 108 Å². The standard InChI is InChI=1S/C40H52I2N8O8/c1-4-10-28(43)35(52)46-29(18-24-15-26(41)34(51)27(42)16-24)36(53)49-33(22(3)5-2)38(55)47-30(19-25-20-44-21-45-25)39(56)50-14-9-13-32(50)37(54)48-31(40(57)58)17-23-11-7-6-8-12-23/h6-8,11-12,15-16,20-22,28-33,51H,4-5,9-10,13-14,17-19,43H2,1-3H3,(H,44,45)(H,46,52)(H,47,55)(H,48,54)(H,49,53)(H,57,58)/t22?,28-,29-,30-,31-,32-,33-/m0/s1. The molecule has 1 aliphatic rings. The molecular weight excluding hydrogens is 974 g/mol. The number of halogens is 2. The minimum atomic E-state index is -1.23. The molecule has 0 aliphatic carbocycles. The van der Waals surface area contributed by atoms with Gasteiger partial charge in [0.05, 0.1) is 19.5 Å². The van der Waals surface area contributed by atoms with E-state index < -0.39 is 77.7 Å². The minimum absolute atomic E-state index is 0.0194. The third-order valence-corrected chi connectivity index (χ3v) is 11.9. The topological polar surface area (TPSA) is 249 Å². The first-order valence-corrected chi connectivity index (χ1v) is 21.5. The molecule has 0 radical (unpaired) electrons. The summed E-state index contributed by atoms with van der Waals surface area (Å²) in [4.78, 5) is 90.0. The molecule has 18 heteroatoms. The molecule has 0 spiro atoms. The summed E-state index contributed by atoms with van der Waals surface area (Å²) in [7, 11) is 0. The van der Waals surface area contributed by atoms with Crippen LogP contribution >= 0.6 is 45.2 Å². The second-order valence-corrected chi connectivity index (χ2v) is 16.9. The van der Waals surface area contributed by atoms with Gasteiger partial charge >= 0.3 is 5.97 Å². The lowest BCUT2D eigenvalue weighted by Crippen LogP contribution is -2.61. The molecule has 0 bridgehead atoms. The van der Waals surface area contributed by atoms with E-state index in [1.807, 2.05) is 59.0 Å². The number of H-pyrrole nitrogens is 1. The molecule has 1 aromatic heterocycles. The van der Waals surface area contributed by atoms with E-state index in [2.05, 4.69) is 31.2 Å². The zero-order chi connectivity index (χ0) is 42.5. The number of nitrogens with one attached hydrogen (secondary N) is 5. The first-order chi connectivity index (χ1) is 27.6. The Balaban J connectivity index is 1.57. The number of carbonyl (C=O) groups excluding carboxylic acids is 5. The molecule has 16 nitrogen and oxygen atoms in total. The van der Waals surface area contributed by atoms with Crippen LogP contribution in [0.2, 0.25) is 0 Å². The minimum Gasteiger partial charge on any atom is -0.506 e. The lowest BCUT2D eigenvalue weighted by atomic mass is 9.96. The molecule has 2 heterocycles. The van der Waals surface area contributed by atoms with Crippen LogP contribution in [-0.4, -0.2) is 103 Å². The number of aliphatic carboxylic acids is 1. The van der Waals surface area contributed by atoms with E-state index in [4.69, 9.17) is 5.73 Å². The number of amides is 5. The number of phenols is 1. The fourth-order valence-electron chi connectivity index (χ4n) is 6.76. The maximum absolute atomic E-state index is 14.4. The molecule has 0 saturated carbocycles. The van der Waals surface area contributed by atoms with Crippen molar-refractivity contribution < 1.29 is 39.0 Å². The van der Waals surface area contributed by atoms with E-state index >= 15 is 0 Å². The van der Waals surface area contributed by atoms with Crippen molar-refractivity contribution in [3.8, 4) is 5.75 Å². The number of likely N-dealkylation sites (tertiary alicyclic amines) is 1. The average molecular weight is 1030 g/mol. The smallest absolute Gasteiger partial charge is 0.326 e. The predicted octanol–water partition coefficient (Wildman–Crippen LogP) is 2.54. The summed E-state index contributed by atoms with van der Waals surface area (Å²) in [5.74, 6) is -4.55. The van der Waals surface area contributed by atoms with Gasteiger partial charge in [0.2, 0.25) is 29.5 Å². The number of rotatable bonds is 20. The fraction of sp³-hybridized carbons (Fsp3) is 0.475. The second-order valence-electron chi connectivity index (χ2n) is 14.6. The number of carboxylic acids is 1. The Labute approximate surface area is 364 Å². The van der Waals surface area contributed by atoms with Crippen LogP contribution in [0.15, 0.2) is 55.0 Å². The molecule has 1 saturated heterocycles. The number of nitrogens with zero attached hydrogens (tertiary/aromatic N) is 2. The first kappa shape index (κ1) is 46.4. The lowest BCUT2D eigenvalue weighted by Gasteiger charge is -2.31. The first-order valence-electron chi connectivity index (χ1n) is 19.3. The number of aromatic nitrogens is 2. The van der Waals surface area contributed by atoms with Crippen LogP contribution in [0.5, 0.6) is 5.75 Å². The van der Waals surface area contributed by atoms with Gasteiger partial charge in [-0.25, -0.2) is 9.78 Å². The normalized spacial score (nSPS) is 16.9. The van der Waals surface area contributed by atoms with Crippen molar-refractivity contribution in [2.24, 2.45) is 11.7 Å². The Bertz CT molecular complexity index is 1880. The number of nitrogens with two attached hydrogens (primary N) is 1. The molecule has 58 heavy (non-hydrogen) atoms. The van der Waals surface area contributed by atoms with E-state index in [0.717, 1.165) is 5.56 Å². The van der Waals surface area contributed by atoms with Crippen molar-refractivity contribution in [1.82, 2.24) is 36.1 Å². The van der Waals surface area contributed by atoms with Crippen LogP contribution < -0.4 is 27.0 Å². The fourth-order valence-corrected chi connectivity index (χ4v) is 8.65. The summed E-state index contributed by atoms with van der Waals surface area (Å²) in [5.41, 5.74) is 8.01. The Morgan fingerprint density at radius 2 is 1.55 bits per heavy atom. The van der Waals surface area contributed by atoms with Crippen LogP contribution in [-0.2, 0) is 48.0 Å². The molecule has 3 aromatic rings. The molecule has 2 aromatic carbocycles. The number of hydrogen-bond acceptors (Lipinski definition) is 9. The third kappa shape index (κ3) is 12.8.